The van der Waals surface area contributed by atoms with Gasteiger partial charge < -0.3 is 21.1 Å². The monoisotopic (exact) mass is 450 g/mol. The summed E-state index contributed by atoms with van der Waals surface area (Å²) in [5.74, 6) is 0.617. The van der Waals surface area contributed by atoms with Crippen LogP contribution >= 0.6 is 22.9 Å². The van der Waals surface area contributed by atoms with Gasteiger partial charge in [-0.2, -0.15) is 0 Å². The summed E-state index contributed by atoms with van der Waals surface area (Å²) in [6, 6.07) is 6.50. The number of rotatable bonds is 10. The van der Waals surface area contributed by atoms with E-state index in [9.17, 15) is 9.59 Å². The van der Waals surface area contributed by atoms with Gasteiger partial charge in [-0.3, -0.25) is 9.59 Å². The molecule has 162 valence electrons. The molecule has 0 aliphatic heterocycles. The van der Waals surface area contributed by atoms with Crippen molar-refractivity contribution < 1.29 is 14.7 Å². The maximum absolute atomic E-state index is 12.8. The minimum absolute atomic E-state index is 0.126. The third-order valence-corrected chi connectivity index (χ3v) is 6.45. The number of nitrogens with zero attached hydrogens (tertiary/aromatic N) is 1. The number of anilines is 1. The molecule has 3 rings (SSSR count). The second-order valence-corrected chi connectivity index (χ2v) is 9.01. The summed E-state index contributed by atoms with van der Waals surface area (Å²) in [6.45, 7) is 0.578. The second-order valence-electron chi connectivity index (χ2n) is 7.41. The molecule has 1 aliphatic rings. The van der Waals surface area contributed by atoms with E-state index >= 15 is 0 Å². The van der Waals surface area contributed by atoms with Gasteiger partial charge in [0.1, 0.15) is 11.9 Å². The molecule has 0 saturated heterocycles. The average molecular weight is 451 g/mol. The molecule has 9 heteroatoms. The Morgan fingerprint density at radius 2 is 2.07 bits per heavy atom. The molecule has 2 heterocycles. The predicted molar refractivity (Wildman–Crippen MR) is 119 cm³/mol. The summed E-state index contributed by atoms with van der Waals surface area (Å²) >= 11 is 7.33. The highest BCUT2D eigenvalue weighted by Crippen LogP contribution is 2.29. The summed E-state index contributed by atoms with van der Waals surface area (Å²) in [5.41, 5.74) is 0. The van der Waals surface area contributed by atoms with E-state index in [0.29, 0.717) is 34.6 Å². The van der Waals surface area contributed by atoms with E-state index in [1.165, 1.54) is 24.2 Å². The van der Waals surface area contributed by atoms with E-state index in [1.54, 1.807) is 24.4 Å². The minimum atomic E-state index is -0.591. The zero-order chi connectivity index (χ0) is 21.3. The van der Waals surface area contributed by atoms with Gasteiger partial charge in [0.05, 0.1) is 18.0 Å². The number of carbonyl (C=O) groups is 2. The van der Waals surface area contributed by atoms with E-state index in [0.717, 1.165) is 17.7 Å². The number of carbonyl (C=O) groups excluding carboxylic acids is 2. The van der Waals surface area contributed by atoms with Gasteiger partial charge in [-0.25, -0.2) is 4.98 Å². The van der Waals surface area contributed by atoms with E-state index in [2.05, 4.69) is 20.9 Å². The first-order chi connectivity index (χ1) is 14.5. The van der Waals surface area contributed by atoms with Gasteiger partial charge in [0.25, 0.3) is 5.91 Å². The number of nitrogens with one attached hydrogen (secondary N) is 3. The van der Waals surface area contributed by atoms with Crippen molar-refractivity contribution in [2.75, 3.05) is 18.5 Å². The molecule has 1 saturated carbocycles. The maximum Gasteiger partial charge on any atom is 0.262 e. The van der Waals surface area contributed by atoms with Crippen LogP contribution < -0.4 is 16.0 Å². The van der Waals surface area contributed by atoms with Crippen molar-refractivity contribution >= 4 is 40.6 Å². The van der Waals surface area contributed by atoms with E-state index < -0.39 is 6.04 Å². The quantitative estimate of drug-likeness (QED) is 0.445. The molecule has 1 unspecified atom stereocenters. The van der Waals surface area contributed by atoms with Gasteiger partial charge in [-0.1, -0.05) is 37.3 Å². The molecular formula is C21H27ClN4O3S. The van der Waals surface area contributed by atoms with Crippen molar-refractivity contribution in [1.29, 1.82) is 0 Å². The molecule has 2 amide bonds. The lowest BCUT2D eigenvalue weighted by molar-refractivity contribution is -0.123. The largest absolute Gasteiger partial charge is 0.395 e. The lowest BCUT2D eigenvalue weighted by Crippen LogP contribution is -2.48. The van der Waals surface area contributed by atoms with Gasteiger partial charge in [0.2, 0.25) is 5.91 Å². The molecule has 0 bridgehead atoms. The number of aliphatic hydroxyl groups excluding tert-OH is 1. The molecule has 0 aromatic carbocycles. The van der Waals surface area contributed by atoms with Crippen molar-refractivity contribution in [2.45, 2.75) is 44.7 Å². The first-order valence-corrected chi connectivity index (χ1v) is 11.4. The third-order valence-electron chi connectivity index (χ3n) is 5.13. The molecule has 0 spiro atoms. The molecule has 1 atom stereocenters. The molecule has 4 N–H and O–H groups in total. The molecule has 2 aromatic rings. The van der Waals surface area contributed by atoms with Crippen molar-refractivity contribution in [2.24, 2.45) is 5.92 Å². The Kier molecular flexibility index (Phi) is 8.48. The number of thiophene rings is 1. The van der Waals surface area contributed by atoms with Crippen molar-refractivity contribution in [3.63, 3.8) is 0 Å². The van der Waals surface area contributed by atoms with Crippen LogP contribution in [-0.2, 0) is 11.3 Å². The highest BCUT2D eigenvalue weighted by molar-refractivity contribution is 7.14. The fourth-order valence-corrected chi connectivity index (χ4v) is 4.63. The second kappa shape index (κ2) is 11.3. The summed E-state index contributed by atoms with van der Waals surface area (Å²) in [7, 11) is 0. The first-order valence-electron chi connectivity index (χ1n) is 10.2. The standard InChI is InChI=1S/C21H27ClN4O3S/c22-15-7-8-23-19(12-15)25-13-16-5-6-18(30-16)21(29)26-17(20(28)24-9-10-27)11-14-3-1-2-4-14/h5-8,12,14,17,27H,1-4,9-11,13H2,(H,23,25)(H,24,28)(H,26,29). The van der Waals surface area contributed by atoms with Crippen LogP contribution in [0.3, 0.4) is 0 Å². The van der Waals surface area contributed by atoms with Crippen LogP contribution in [-0.4, -0.2) is 41.1 Å². The van der Waals surface area contributed by atoms with Gasteiger partial charge in [0.15, 0.2) is 0 Å². The Hall–Kier alpha value is -2.16. The topological polar surface area (TPSA) is 103 Å². The van der Waals surface area contributed by atoms with Gasteiger partial charge in [-0.05, 0) is 36.6 Å². The van der Waals surface area contributed by atoms with E-state index in [4.69, 9.17) is 16.7 Å². The molecular weight excluding hydrogens is 424 g/mol. The predicted octanol–water partition coefficient (Wildman–Crippen LogP) is 3.20. The molecule has 2 aromatic heterocycles. The normalized spacial score (nSPS) is 15.0. The fraction of sp³-hybridized carbons (Fsp3) is 0.476. The van der Waals surface area contributed by atoms with Crippen molar-refractivity contribution in [3.8, 4) is 0 Å². The Labute approximate surface area is 185 Å². The molecule has 0 radical (unpaired) electrons. The van der Waals surface area contributed by atoms with E-state index in [-0.39, 0.29) is 25.0 Å². The zero-order valence-corrected chi connectivity index (χ0v) is 18.3. The van der Waals surface area contributed by atoms with Crippen molar-refractivity contribution in [3.05, 3.63) is 45.2 Å². The molecule has 1 aliphatic carbocycles. The van der Waals surface area contributed by atoms with Crippen LogP contribution in [0.5, 0.6) is 0 Å². The zero-order valence-electron chi connectivity index (χ0n) is 16.7. The van der Waals surface area contributed by atoms with E-state index in [1.807, 2.05) is 6.07 Å². The van der Waals surface area contributed by atoms with Crippen LogP contribution in [0.25, 0.3) is 0 Å². The number of halogens is 1. The highest BCUT2D eigenvalue weighted by atomic mass is 35.5. The molecule has 1 fully saturated rings. The summed E-state index contributed by atoms with van der Waals surface area (Å²) in [4.78, 5) is 31.0. The van der Waals surface area contributed by atoms with Crippen LogP contribution in [0.4, 0.5) is 5.82 Å². The lowest BCUT2D eigenvalue weighted by atomic mass is 9.97. The fourth-order valence-electron chi connectivity index (χ4n) is 3.62. The number of aromatic nitrogens is 1. The molecule has 7 nitrogen and oxygen atoms in total. The van der Waals surface area contributed by atoms with Crippen LogP contribution in [0, 0.1) is 5.92 Å². The molecule has 30 heavy (non-hydrogen) atoms. The minimum Gasteiger partial charge on any atom is -0.395 e. The third kappa shape index (κ3) is 6.68. The number of hydrogen-bond donors (Lipinski definition) is 4. The lowest BCUT2D eigenvalue weighted by Gasteiger charge is -2.21. The maximum atomic E-state index is 12.8. The Balaban J connectivity index is 1.58. The number of amides is 2. The Bertz CT molecular complexity index is 854. The Morgan fingerprint density at radius 3 is 2.80 bits per heavy atom. The first kappa shape index (κ1) is 22.5. The number of aliphatic hydroxyl groups is 1. The van der Waals surface area contributed by atoms with Crippen LogP contribution in [0.1, 0.15) is 46.7 Å². The van der Waals surface area contributed by atoms with Crippen LogP contribution in [0.2, 0.25) is 5.02 Å². The summed E-state index contributed by atoms with van der Waals surface area (Å²) in [5, 5.41) is 18.3. The Morgan fingerprint density at radius 1 is 1.27 bits per heavy atom. The van der Waals surface area contributed by atoms with Crippen molar-refractivity contribution in [1.82, 2.24) is 15.6 Å². The smallest absolute Gasteiger partial charge is 0.262 e. The van der Waals surface area contributed by atoms with Gasteiger partial charge in [-0.15, -0.1) is 11.3 Å². The highest BCUT2D eigenvalue weighted by Gasteiger charge is 2.27. The average Bonchev–Trinajstić information content (AvgIpc) is 3.42. The summed E-state index contributed by atoms with van der Waals surface area (Å²) < 4.78 is 0. The number of hydrogen-bond acceptors (Lipinski definition) is 6. The van der Waals surface area contributed by atoms with Gasteiger partial charge >= 0.3 is 0 Å². The van der Waals surface area contributed by atoms with Gasteiger partial charge in [0, 0.05) is 22.6 Å². The SMILES string of the molecule is O=C(NC(CC1CCCC1)C(=O)NCCO)c1ccc(CNc2cc(Cl)ccn2)s1. The summed E-state index contributed by atoms with van der Waals surface area (Å²) in [6.07, 6.45) is 6.78. The number of pyridine rings is 1. The van der Waals surface area contributed by atoms with Crippen LogP contribution in [0.15, 0.2) is 30.5 Å².